The van der Waals surface area contributed by atoms with Crippen molar-refractivity contribution in [2.24, 2.45) is 0 Å². The van der Waals surface area contributed by atoms with E-state index in [0.29, 0.717) is 5.92 Å². The van der Waals surface area contributed by atoms with Crippen molar-refractivity contribution in [3.63, 3.8) is 0 Å². The van der Waals surface area contributed by atoms with Crippen LogP contribution >= 0.6 is 11.5 Å². The highest BCUT2D eigenvalue weighted by atomic mass is 32.1. The molecule has 0 aromatic carbocycles. The molecule has 0 radical (unpaired) electrons. The SMILES string of the molecule is CN(C)CCN1CCN(c2snc(N)c2C2CC2)CC1. The van der Waals surface area contributed by atoms with Crippen molar-refractivity contribution >= 4 is 22.4 Å². The summed E-state index contributed by atoms with van der Waals surface area (Å²) in [5.74, 6) is 1.47. The molecule has 0 spiro atoms. The van der Waals surface area contributed by atoms with Crippen molar-refractivity contribution in [1.82, 2.24) is 14.2 Å². The largest absolute Gasteiger partial charge is 0.383 e. The van der Waals surface area contributed by atoms with Crippen LogP contribution in [0.4, 0.5) is 10.8 Å². The number of nitrogens with zero attached hydrogens (tertiary/aromatic N) is 4. The zero-order chi connectivity index (χ0) is 14.1. The van der Waals surface area contributed by atoms with Gasteiger partial charge < -0.3 is 15.5 Å². The number of hydrogen-bond donors (Lipinski definition) is 1. The third-order valence-electron chi connectivity index (χ3n) is 4.25. The van der Waals surface area contributed by atoms with E-state index in [0.717, 1.165) is 38.5 Å². The Morgan fingerprint density at radius 3 is 2.55 bits per heavy atom. The molecule has 112 valence electrons. The number of nitrogens with two attached hydrogens (primary N) is 1. The average molecular weight is 295 g/mol. The molecule has 0 atom stereocenters. The van der Waals surface area contributed by atoms with Gasteiger partial charge in [-0.3, -0.25) is 4.90 Å². The number of aromatic nitrogens is 1. The lowest BCUT2D eigenvalue weighted by Gasteiger charge is -2.36. The lowest BCUT2D eigenvalue weighted by Crippen LogP contribution is -2.48. The van der Waals surface area contributed by atoms with Crippen molar-refractivity contribution < 1.29 is 0 Å². The van der Waals surface area contributed by atoms with Gasteiger partial charge in [-0.25, -0.2) is 0 Å². The maximum absolute atomic E-state index is 6.05. The van der Waals surface area contributed by atoms with Gasteiger partial charge in [-0.2, -0.15) is 4.37 Å². The Bertz CT molecular complexity index is 446. The van der Waals surface area contributed by atoms with Crippen LogP contribution in [0.2, 0.25) is 0 Å². The monoisotopic (exact) mass is 295 g/mol. The van der Waals surface area contributed by atoms with Crippen LogP contribution < -0.4 is 10.6 Å². The van der Waals surface area contributed by atoms with Crippen LogP contribution in [0, 0.1) is 0 Å². The smallest absolute Gasteiger partial charge is 0.142 e. The van der Waals surface area contributed by atoms with Crippen LogP contribution in [0.15, 0.2) is 0 Å². The number of rotatable bonds is 5. The van der Waals surface area contributed by atoms with E-state index in [9.17, 15) is 0 Å². The zero-order valence-electron chi connectivity index (χ0n) is 12.5. The normalized spacial score (nSPS) is 20.9. The Kier molecular flexibility index (Phi) is 4.14. The zero-order valence-corrected chi connectivity index (χ0v) is 13.3. The van der Waals surface area contributed by atoms with Gasteiger partial charge in [0, 0.05) is 44.8 Å². The van der Waals surface area contributed by atoms with E-state index in [2.05, 4.69) is 33.2 Å². The van der Waals surface area contributed by atoms with Gasteiger partial charge >= 0.3 is 0 Å². The summed E-state index contributed by atoms with van der Waals surface area (Å²) in [5.41, 5.74) is 7.40. The van der Waals surface area contributed by atoms with Crippen LogP contribution in [-0.2, 0) is 0 Å². The average Bonchev–Trinajstić information content (AvgIpc) is 3.20. The van der Waals surface area contributed by atoms with Crippen LogP contribution in [0.1, 0.15) is 24.3 Å². The Hall–Kier alpha value is -0.850. The van der Waals surface area contributed by atoms with Crippen LogP contribution in [0.25, 0.3) is 0 Å². The molecule has 6 heteroatoms. The minimum atomic E-state index is 0.690. The van der Waals surface area contributed by atoms with Gasteiger partial charge in [0.1, 0.15) is 10.8 Å². The van der Waals surface area contributed by atoms with E-state index in [-0.39, 0.29) is 0 Å². The lowest BCUT2D eigenvalue weighted by molar-refractivity contribution is 0.230. The predicted molar refractivity (Wildman–Crippen MR) is 85.7 cm³/mol. The molecular weight excluding hydrogens is 270 g/mol. The maximum Gasteiger partial charge on any atom is 0.142 e. The predicted octanol–water partition coefficient (Wildman–Crippen LogP) is 1.29. The molecular formula is C14H25N5S. The van der Waals surface area contributed by atoms with Gasteiger partial charge in [0.05, 0.1) is 0 Å². The number of hydrogen-bond acceptors (Lipinski definition) is 6. The Labute approximate surface area is 125 Å². The van der Waals surface area contributed by atoms with Crippen molar-refractivity contribution in [2.75, 3.05) is 64.0 Å². The van der Waals surface area contributed by atoms with Gasteiger partial charge in [0.15, 0.2) is 0 Å². The number of anilines is 2. The Morgan fingerprint density at radius 1 is 1.25 bits per heavy atom. The molecule has 1 aliphatic heterocycles. The molecule has 0 amide bonds. The topological polar surface area (TPSA) is 48.6 Å². The van der Waals surface area contributed by atoms with Gasteiger partial charge in [-0.15, -0.1) is 0 Å². The third kappa shape index (κ3) is 3.07. The molecule has 1 aliphatic carbocycles. The molecule has 2 aliphatic rings. The second-order valence-electron chi connectivity index (χ2n) is 6.19. The fraction of sp³-hybridized carbons (Fsp3) is 0.786. The van der Waals surface area contributed by atoms with Crippen LogP contribution in [-0.4, -0.2) is 67.5 Å². The van der Waals surface area contributed by atoms with E-state index in [4.69, 9.17) is 5.73 Å². The quantitative estimate of drug-likeness (QED) is 0.887. The minimum absolute atomic E-state index is 0.690. The summed E-state index contributed by atoms with van der Waals surface area (Å²) in [6.07, 6.45) is 2.58. The summed E-state index contributed by atoms with van der Waals surface area (Å²) < 4.78 is 4.39. The Balaban J connectivity index is 1.58. The maximum atomic E-state index is 6.05. The number of nitrogen functional groups attached to an aromatic ring is 1. The minimum Gasteiger partial charge on any atom is -0.383 e. The molecule has 2 N–H and O–H groups in total. The fourth-order valence-corrected chi connectivity index (χ4v) is 3.75. The molecule has 1 saturated carbocycles. The lowest BCUT2D eigenvalue weighted by atomic mass is 10.2. The molecule has 0 unspecified atom stereocenters. The molecule has 1 saturated heterocycles. The van der Waals surface area contributed by atoms with Gasteiger partial charge in [0.25, 0.3) is 0 Å². The van der Waals surface area contributed by atoms with E-state index in [1.165, 1.54) is 30.0 Å². The molecule has 1 aromatic heterocycles. The van der Waals surface area contributed by atoms with E-state index in [1.807, 2.05) is 0 Å². The van der Waals surface area contributed by atoms with E-state index >= 15 is 0 Å². The highest BCUT2D eigenvalue weighted by Gasteiger charge is 2.33. The summed E-state index contributed by atoms with van der Waals surface area (Å²) in [6, 6.07) is 0. The summed E-state index contributed by atoms with van der Waals surface area (Å²) in [6.45, 7) is 6.82. The molecule has 20 heavy (non-hydrogen) atoms. The Morgan fingerprint density at radius 2 is 1.95 bits per heavy atom. The van der Waals surface area contributed by atoms with Crippen LogP contribution in [0.5, 0.6) is 0 Å². The van der Waals surface area contributed by atoms with Gasteiger partial charge in [-0.05, 0) is 44.4 Å². The molecule has 3 rings (SSSR count). The number of likely N-dealkylation sites (N-methyl/N-ethyl adjacent to an activating group) is 1. The highest BCUT2D eigenvalue weighted by molar-refractivity contribution is 7.10. The first kappa shape index (κ1) is 14.1. The summed E-state index contributed by atoms with van der Waals surface area (Å²) in [5, 5.41) is 1.34. The van der Waals surface area contributed by atoms with Crippen molar-refractivity contribution in [3.05, 3.63) is 5.56 Å². The van der Waals surface area contributed by atoms with Crippen molar-refractivity contribution in [1.29, 1.82) is 0 Å². The number of piperazine rings is 1. The second-order valence-corrected chi connectivity index (χ2v) is 6.94. The fourth-order valence-electron chi connectivity index (χ4n) is 2.80. The molecule has 5 nitrogen and oxygen atoms in total. The van der Waals surface area contributed by atoms with Crippen LogP contribution in [0.3, 0.4) is 0 Å². The first-order valence-corrected chi connectivity index (χ1v) is 8.29. The van der Waals surface area contributed by atoms with Gasteiger partial charge in [-0.1, -0.05) is 0 Å². The summed E-state index contributed by atoms with van der Waals surface area (Å²) in [4.78, 5) is 7.30. The molecule has 2 fully saturated rings. The summed E-state index contributed by atoms with van der Waals surface area (Å²) >= 11 is 1.59. The third-order valence-corrected chi connectivity index (χ3v) is 5.18. The highest BCUT2D eigenvalue weighted by Crippen LogP contribution is 2.48. The molecule has 2 heterocycles. The second kappa shape index (κ2) is 5.87. The molecule has 0 bridgehead atoms. The van der Waals surface area contributed by atoms with E-state index in [1.54, 1.807) is 11.5 Å². The van der Waals surface area contributed by atoms with Gasteiger partial charge in [0.2, 0.25) is 0 Å². The van der Waals surface area contributed by atoms with E-state index < -0.39 is 0 Å². The standard InChI is InChI=1S/C14H25N5S/c1-17(2)5-6-18-7-9-19(10-8-18)14-12(11-3-4-11)13(15)16-20-14/h11H,3-10H2,1-2H3,(H2,15,16). The van der Waals surface area contributed by atoms with Crippen molar-refractivity contribution in [3.8, 4) is 0 Å². The molecule has 1 aromatic rings. The first-order valence-electron chi connectivity index (χ1n) is 7.52. The summed E-state index contributed by atoms with van der Waals surface area (Å²) in [7, 11) is 4.27. The van der Waals surface area contributed by atoms with Crippen molar-refractivity contribution in [2.45, 2.75) is 18.8 Å². The first-order chi connectivity index (χ1) is 9.65.